The van der Waals surface area contributed by atoms with E-state index >= 15 is 0 Å². The van der Waals surface area contributed by atoms with E-state index in [1.165, 1.54) is 18.1 Å². The highest BCUT2D eigenvalue weighted by molar-refractivity contribution is 14.1. The third-order valence-corrected chi connectivity index (χ3v) is 5.30. The number of nitrogens with zero attached hydrogens (tertiary/aromatic N) is 3. The molecule has 1 aliphatic rings. The topological polar surface area (TPSA) is 98.9 Å². The first-order valence-electron chi connectivity index (χ1n) is 6.44. The van der Waals surface area contributed by atoms with E-state index in [0.29, 0.717) is 35.4 Å². The number of halogens is 1. The van der Waals surface area contributed by atoms with Gasteiger partial charge in [0.1, 0.15) is 19.5 Å². The smallest absolute Gasteiger partial charge is 0.172 e. The van der Waals surface area contributed by atoms with Gasteiger partial charge in [0.05, 0.1) is 0 Å². The van der Waals surface area contributed by atoms with Gasteiger partial charge >= 0.3 is 0 Å². The number of aromatic amines is 1. The summed E-state index contributed by atoms with van der Waals surface area (Å²) in [6.07, 6.45) is 1.41. The van der Waals surface area contributed by atoms with Crippen LogP contribution in [0.1, 0.15) is 0 Å². The average molecular weight is 427 g/mol. The minimum absolute atomic E-state index is 0.366. The number of aromatic nitrogens is 4. The molecule has 2 aromatic heterocycles. The van der Waals surface area contributed by atoms with Crippen LogP contribution in [0.2, 0.25) is 0 Å². The van der Waals surface area contributed by atoms with Crippen LogP contribution in [0.4, 0.5) is 5.82 Å². The molecule has 0 bridgehead atoms. The van der Waals surface area contributed by atoms with Crippen molar-refractivity contribution in [2.24, 2.45) is 0 Å². The van der Waals surface area contributed by atoms with Crippen molar-refractivity contribution in [3.63, 3.8) is 0 Å². The first-order valence-corrected chi connectivity index (χ1v) is 8.33. The molecule has 3 aromatic rings. The fraction of sp³-hybridized carbons (Fsp3) is 0.154. The summed E-state index contributed by atoms with van der Waals surface area (Å²) in [6, 6.07) is 3.93. The Kier molecular flexibility index (Phi) is 3.45. The monoisotopic (exact) mass is 427 g/mol. The van der Waals surface area contributed by atoms with Gasteiger partial charge in [0.25, 0.3) is 0 Å². The second kappa shape index (κ2) is 5.47. The van der Waals surface area contributed by atoms with Crippen molar-refractivity contribution in [3.05, 3.63) is 22.0 Å². The Bertz CT molecular complexity index is 869. The lowest BCUT2D eigenvalue weighted by molar-refractivity contribution is 0.171. The zero-order valence-corrected chi connectivity index (χ0v) is 14.1. The van der Waals surface area contributed by atoms with Crippen molar-refractivity contribution in [2.45, 2.75) is 10.1 Å². The lowest BCUT2D eigenvalue weighted by Crippen LogP contribution is -2.15. The number of nitrogen functional groups attached to an aromatic ring is 1. The van der Waals surface area contributed by atoms with E-state index in [-0.39, 0.29) is 0 Å². The molecular formula is C13H10IN5O2S. The number of hydrogen-bond acceptors (Lipinski definition) is 7. The van der Waals surface area contributed by atoms with Crippen LogP contribution in [0, 0.1) is 3.57 Å². The largest absolute Gasteiger partial charge is 0.486 e. The van der Waals surface area contributed by atoms with Crippen molar-refractivity contribution in [1.82, 2.24) is 19.9 Å². The van der Waals surface area contributed by atoms with E-state index in [9.17, 15) is 0 Å². The summed E-state index contributed by atoms with van der Waals surface area (Å²) in [4.78, 5) is 16.7. The minimum atomic E-state index is 0.366. The van der Waals surface area contributed by atoms with Gasteiger partial charge in [-0.05, 0) is 34.7 Å². The molecule has 3 N–H and O–H groups in total. The third-order valence-electron chi connectivity index (χ3n) is 3.09. The first kappa shape index (κ1) is 13.9. The van der Waals surface area contributed by atoms with Crippen molar-refractivity contribution in [1.29, 1.82) is 0 Å². The van der Waals surface area contributed by atoms with Gasteiger partial charge in [-0.25, -0.2) is 15.0 Å². The van der Waals surface area contributed by atoms with Gasteiger partial charge in [-0.2, -0.15) is 0 Å². The van der Waals surface area contributed by atoms with E-state index in [2.05, 4.69) is 42.5 Å². The number of ether oxygens (including phenoxy) is 2. The van der Waals surface area contributed by atoms with Crippen molar-refractivity contribution >= 4 is 51.3 Å². The summed E-state index contributed by atoms with van der Waals surface area (Å²) in [5.74, 6) is 1.90. The van der Waals surface area contributed by atoms with E-state index < -0.39 is 0 Å². The number of nitrogens with one attached hydrogen (secondary N) is 1. The molecule has 0 aliphatic carbocycles. The molecule has 112 valence electrons. The molecule has 1 aliphatic heterocycles. The van der Waals surface area contributed by atoms with Crippen molar-refractivity contribution < 1.29 is 9.47 Å². The summed E-state index contributed by atoms with van der Waals surface area (Å²) in [6.45, 7) is 1.14. The van der Waals surface area contributed by atoms with Crippen molar-refractivity contribution in [3.8, 4) is 11.5 Å². The fourth-order valence-corrected chi connectivity index (χ4v) is 3.69. The summed E-state index contributed by atoms with van der Waals surface area (Å²) >= 11 is 3.76. The average Bonchev–Trinajstić information content (AvgIpc) is 2.92. The molecule has 0 amide bonds. The fourth-order valence-electron chi connectivity index (χ4n) is 2.10. The normalized spacial score (nSPS) is 13.5. The molecule has 0 atom stereocenters. The number of imidazole rings is 1. The van der Waals surface area contributed by atoms with Crippen molar-refractivity contribution in [2.75, 3.05) is 18.9 Å². The molecule has 0 unspecified atom stereocenters. The molecule has 0 fully saturated rings. The lowest BCUT2D eigenvalue weighted by atomic mass is 10.3. The Morgan fingerprint density at radius 1 is 1.18 bits per heavy atom. The first-order chi connectivity index (χ1) is 10.7. The predicted octanol–water partition coefficient (Wildman–Crippen LogP) is 2.46. The molecule has 1 aromatic carbocycles. The molecule has 7 nitrogen and oxygen atoms in total. The maximum atomic E-state index is 5.80. The summed E-state index contributed by atoms with van der Waals surface area (Å²) in [5, 5.41) is 0.705. The summed E-state index contributed by atoms with van der Waals surface area (Å²) < 4.78 is 12.3. The number of nitrogens with two attached hydrogens (primary N) is 1. The maximum absolute atomic E-state index is 5.80. The maximum Gasteiger partial charge on any atom is 0.172 e. The molecule has 0 radical (unpaired) electrons. The number of anilines is 1. The van der Waals surface area contributed by atoms with E-state index in [0.717, 1.165) is 20.0 Å². The third kappa shape index (κ3) is 2.43. The Morgan fingerprint density at radius 3 is 2.73 bits per heavy atom. The predicted molar refractivity (Wildman–Crippen MR) is 90.4 cm³/mol. The highest BCUT2D eigenvalue weighted by atomic mass is 127. The lowest BCUT2D eigenvalue weighted by Gasteiger charge is -2.19. The van der Waals surface area contributed by atoms with E-state index in [1.54, 1.807) is 0 Å². The zero-order chi connectivity index (χ0) is 15.1. The Hall–Kier alpha value is -1.75. The second-order valence-electron chi connectivity index (χ2n) is 4.53. The molecule has 0 spiro atoms. The van der Waals surface area contributed by atoms with Crippen LogP contribution in [0.5, 0.6) is 11.5 Å². The highest BCUT2D eigenvalue weighted by Crippen LogP contribution is 2.39. The van der Waals surface area contributed by atoms with E-state index in [1.807, 2.05) is 12.1 Å². The van der Waals surface area contributed by atoms with Crippen LogP contribution in [-0.4, -0.2) is 33.1 Å². The molecule has 3 heterocycles. The van der Waals surface area contributed by atoms with Crippen LogP contribution in [-0.2, 0) is 0 Å². The van der Waals surface area contributed by atoms with Gasteiger partial charge in [0.15, 0.2) is 33.6 Å². The van der Waals surface area contributed by atoms with Gasteiger partial charge in [-0.15, -0.1) is 0 Å². The summed E-state index contributed by atoms with van der Waals surface area (Å²) in [7, 11) is 0. The molecule has 9 heteroatoms. The van der Waals surface area contributed by atoms with Gasteiger partial charge in [0.2, 0.25) is 0 Å². The molecule has 0 saturated heterocycles. The second-order valence-corrected chi connectivity index (χ2v) is 6.72. The SMILES string of the molecule is Nc1ncnc2[nH]c(Sc3cc4c(cc3I)OCCO4)nc12. The molecule has 22 heavy (non-hydrogen) atoms. The highest BCUT2D eigenvalue weighted by Gasteiger charge is 2.17. The van der Waals surface area contributed by atoms with Gasteiger partial charge < -0.3 is 20.2 Å². The zero-order valence-electron chi connectivity index (χ0n) is 11.2. The van der Waals surface area contributed by atoms with Crippen LogP contribution >= 0.6 is 34.4 Å². The number of H-pyrrole nitrogens is 1. The molecule has 4 rings (SSSR count). The molecule has 0 saturated carbocycles. The number of hydrogen-bond donors (Lipinski definition) is 2. The summed E-state index contributed by atoms with van der Waals surface area (Å²) in [5.41, 5.74) is 7.01. The van der Waals surface area contributed by atoms with Crippen LogP contribution < -0.4 is 15.2 Å². The van der Waals surface area contributed by atoms with Gasteiger partial charge in [-0.1, -0.05) is 11.8 Å². The Labute approximate surface area is 143 Å². The van der Waals surface area contributed by atoms with Gasteiger partial charge in [0, 0.05) is 8.47 Å². The van der Waals surface area contributed by atoms with Crippen LogP contribution in [0.15, 0.2) is 28.5 Å². The molecular weight excluding hydrogens is 417 g/mol. The number of rotatable bonds is 2. The Morgan fingerprint density at radius 2 is 1.95 bits per heavy atom. The Balaban J connectivity index is 1.71. The van der Waals surface area contributed by atoms with E-state index in [4.69, 9.17) is 15.2 Å². The van der Waals surface area contributed by atoms with Crippen LogP contribution in [0.3, 0.4) is 0 Å². The minimum Gasteiger partial charge on any atom is -0.486 e. The standard InChI is InChI=1S/C13H10IN5O2S/c14-6-3-7-8(21-2-1-20-7)4-9(6)22-13-18-10-11(15)16-5-17-12(10)19-13/h3-5H,1-2H2,(H3,15,16,17,18,19). The van der Waals surface area contributed by atoms with Crippen LogP contribution in [0.25, 0.3) is 11.2 Å². The van der Waals surface area contributed by atoms with Gasteiger partial charge in [-0.3, -0.25) is 0 Å². The quantitative estimate of drug-likeness (QED) is 0.607. The number of fused-ring (bicyclic) bond motifs is 2. The number of benzene rings is 1.